The highest BCUT2D eigenvalue weighted by molar-refractivity contribution is 6.04. The summed E-state index contributed by atoms with van der Waals surface area (Å²) in [6, 6.07) is 12.7. The third kappa shape index (κ3) is 3.54. The normalized spacial score (nSPS) is 17.7. The molecule has 0 bridgehead atoms. The zero-order chi connectivity index (χ0) is 23.8. The number of nitrogens with zero attached hydrogens (tertiary/aromatic N) is 2. The van der Waals surface area contributed by atoms with Crippen LogP contribution in [0.4, 0.5) is 0 Å². The molecule has 2 aliphatic rings. The van der Waals surface area contributed by atoms with E-state index in [1.54, 1.807) is 18.9 Å². The zero-order valence-electron chi connectivity index (χ0n) is 18.9. The van der Waals surface area contributed by atoms with Gasteiger partial charge in [-0.05, 0) is 31.2 Å². The number of aliphatic hydroxyl groups is 1. The summed E-state index contributed by atoms with van der Waals surface area (Å²) in [5.41, 5.74) is 2.72. The van der Waals surface area contributed by atoms with Gasteiger partial charge in [-0.1, -0.05) is 18.2 Å². The van der Waals surface area contributed by atoms with Gasteiger partial charge in [0.25, 0.3) is 5.91 Å². The van der Waals surface area contributed by atoms with Crippen LogP contribution < -0.4 is 9.47 Å². The quantitative estimate of drug-likeness (QED) is 0.519. The minimum atomic E-state index is -0.611. The van der Waals surface area contributed by atoms with Crippen LogP contribution >= 0.6 is 0 Å². The zero-order valence-corrected chi connectivity index (χ0v) is 18.9. The Morgan fingerprint density at radius 3 is 2.85 bits per heavy atom. The van der Waals surface area contributed by atoms with E-state index in [2.05, 4.69) is 4.98 Å². The lowest BCUT2D eigenvalue weighted by Crippen LogP contribution is -2.44. The first kappa shape index (κ1) is 21.8. The lowest BCUT2D eigenvalue weighted by atomic mass is 10.1. The largest absolute Gasteiger partial charge is 0.463 e. The maximum absolute atomic E-state index is 13.8. The molecule has 2 aliphatic heterocycles. The van der Waals surface area contributed by atoms with E-state index >= 15 is 0 Å². The molecule has 5 rings (SSSR count). The minimum absolute atomic E-state index is 0.145. The Hall–Kier alpha value is -3.98. The van der Waals surface area contributed by atoms with Gasteiger partial charge in [0.05, 0.1) is 19.2 Å². The van der Waals surface area contributed by atoms with Crippen molar-refractivity contribution in [1.82, 2.24) is 14.8 Å². The second kappa shape index (κ2) is 8.75. The second-order valence-corrected chi connectivity index (χ2v) is 8.28. The van der Waals surface area contributed by atoms with Crippen molar-refractivity contribution in [2.45, 2.75) is 19.2 Å². The highest BCUT2D eigenvalue weighted by Gasteiger charge is 2.40. The minimum Gasteiger partial charge on any atom is -0.463 e. The van der Waals surface area contributed by atoms with Gasteiger partial charge in [0.1, 0.15) is 12.0 Å². The second-order valence-electron chi connectivity index (χ2n) is 8.28. The summed E-state index contributed by atoms with van der Waals surface area (Å²) >= 11 is 0. The molecule has 1 amide bonds. The number of aromatic nitrogens is 1. The van der Waals surface area contributed by atoms with Gasteiger partial charge >= 0.3 is 0 Å². The van der Waals surface area contributed by atoms with Crippen molar-refractivity contribution >= 4 is 28.9 Å². The molecule has 9 heteroatoms. The Kier molecular flexibility index (Phi) is 5.62. The molecule has 2 N–H and O–H groups in total. The summed E-state index contributed by atoms with van der Waals surface area (Å²) in [6.45, 7) is 1.43. The molecule has 0 saturated heterocycles. The fraction of sp³-hybridized carbons (Fsp3) is 0.280. The van der Waals surface area contributed by atoms with Crippen molar-refractivity contribution in [3.8, 4) is 11.5 Å². The number of rotatable bonds is 7. The molecule has 0 fully saturated rings. The van der Waals surface area contributed by atoms with E-state index < -0.39 is 18.2 Å². The molecule has 0 aliphatic carbocycles. The van der Waals surface area contributed by atoms with Gasteiger partial charge in [-0.2, -0.15) is 0 Å². The van der Waals surface area contributed by atoms with E-state index in [-0.39, 0.29) is 19.9 Å². The molecule has 2 atom stereocenters. The van der Waals surface area contributed by atoms with Crippen molar-refractivity contribution in [2.75, 3.05) is 27.0 Å². The Labute approximate surface area is 196 Å². The molecular weight excluding hydrogens is 438 g/mol. The molecule has 2 aromatic carbocycles. The molecule has 34 heavy (non-hydrogen) atoms. The lowest BCUT2D eigenvalue weighted by Gasteiger charge is -2.29. The summed E-state index contributed by atoms with van der Waals surface area (Å²) in [6.07, 6.45) is 1.85. The maximum Gasteiger partial charge on any atom is 0.274 e. The molecule has 2 unspecified atom stereocenters. The first-order valence-corrected chi connectivity index (χ1v) is 11.0. The number of amides is 1. The molecule has 3 aromatic rings. The number of aliphatic hydroxyl groups excluding tert-OH is 1. The fourth-order valence-corrected chi connectivity index (χ4v) is 4.36. The van der Waals surface area contributed by atoms with E-state index in [0.29, 0.717) is 29.2 Å². The number of aldehydes is 1. The topological polar surface area (TPSA) is 104 Å². The van der Waals surface area contributed by atoms with Crippen LogP contribution in [0.3, 0.4) is 0 Å². The summed E-state index contributed by atoms with van der Waals surface area (Å²) < 4.78 is 17.4. The van der Waals surface area contributed by atoms with E-state index in [1.165, 1.54) is 4.90 Å². The van der Waals surface area contributed by atoms with Gasteiger partial charge < -0.3 is 38.9 Å². The number of carbonyl (C=O) groups excluding carboxylic acids is 2. The van der Waals surface area contributed by atoms with Gasteiger partial charge in [0.2, 0.25) is 6.79 Å². The van der Waals surface area contributed by atoms with E-state index in [1.807, 2.05) is 48.7 Å². The number of benzene rings is 2. The first-order valence-electron chi connectivity index (χ1n) is 11.0. The molecule has 0 saturated carbocycles. The van der Waals surface area contributed by atoms with Crippen molar-refractivity contribution in [1.29, 1.82) is 0 Å². The molecule has 3 heterocycles. The Balaban J connectivity index is 1.61. The molecular formula is C25H25N3O6. The predicted molar refractivity (Wildman–Crippen MR) is 124 cm³/mol. The molecule has 0 spiro atoms. The number of H-pyrrole nitrogens is 1. The molecule has 0 radical (unpaired) electrons. The van der Waals surface area contributed by atoms with Crippen LogP contribution in [0, 0.1) is 0 Å². The summed E-state index contributed by atoms with van der Waals surface area (Å²) in [4.78, 5) is 31.4. The lowest BCUT2D eigenvalue weighted by molar-refractivity contribution is -0.133. The van der Waals surface area contributed by atoms with Crippen LogP contribution in [0.15, 0.2) is 54.4 Å². The van der Waals surface area contributed by atoms with Crippen LogP contribution in [-0.4, -0.2) is 65.1 Å². The maximum atomic E-state index is 13.8. The standard InChI is InChI=1S/C25H25N3O6/c1-15(13-30)28(9-10-29)24(31)22-23(18-12-26-19-6-4-3-5-17(18)19)34-25(27(22)2)16-7-8-20-21(11-16)33-14-32-20/h3-8,10-12,15,25-26,30H,9,13-14H2,1-2H3. The molecule has 176 valence electrons. The number of nitrogens with one attached hydrogen (secondary N) is 1. The number of fused-ring (bicyclic) bond motifs is 2. The highest BCUT2D eigenvalue weighted by atomic mass is 16.7. The number of hydrogen-bond acceptors (Lipinski definition) is 7. The number of carbonyl (C=O) groups is 2. The number of aromatic amines is 1. The summed E-state index contributed by atoms with van der Waals surface area (Å²) in [5.74, 6) is 1.26. The van der Waals surface area contributed by atoms with Gasteiger partial charge in [-0.3, -0.25) is 4.79 Å². The molecule has 9 nitrogen and oxygen atoms in total. The third-order valence-electron chi connectivity index (χ3n) is 6.20. The van der Waals surface area contributed by atoms with E-state index in [0.717, 1.165) is 22.0 Å². The van der Waals surface area contributed by atoms with Crippen molar-refractivity contribution in [3.63, 3.8) is 0 Å². The van der Waals surface area contributed by atoms with Crippen molar-refractivity contribution in [3.05, 3.63) is 65.5 Å². The predicted octanol–water partition coefficient (Wildman–Crippen LogP) is 2.63. The Bertz CT molecular complexity index is 1280. The number of ether oxygens (including phenoxy) is 3. The van der Waals surface area contributed by atoms with Gasteiger partial charge in [0.15, 0.2) is 23.5 Å². The van der Waals surface area contributed by atoms with Crippen LogP contribution in [-0.2, 0) is 14.3 Å². The summed E-state index contributed by atoms with van der Waals surface area (Å²) in [5, 5.41) is 10.6. The Morgan fingerprint density at radius 2 is 2.06 bits per heavy atom. The fourth-order valence-electron chi connectivity index (χ4n) is 4.36. The van der Waals surface area contributed by atoms with Gasteiger partial charge in [-0.15, -0.1) is 0 Å². The average molecular weight is 463 g/mol. The number of likely N-dealkylation sites (N-methyl/N-ethyl adjacent to an activating group) is 1. The highest BCUT2D eigenvalue weighted by Crippen LogP contribution is 2.44. The van der Waals surface area contributed by atoms with Crippen LogP contribution in [0.2, 0.25) is 0 Å². The molecule has 1 aromatic heterocycles. The van der Waals surface area contributed by atoms with E-state index in [4.69, 9.17) is 14.2 Å². The van der Waals surface area contributed by atoms with Gasteiger partial charge in [0, 0.05) is 35.3 Å². The number of para-hydroxylation sites is 1. The van der Waals surface area contributed by atoms with Crippen molar-refractivity contribution in [2.24, 2.45) is 0 Å². The van der Waals surface area contributed by atoms with Crippen molar-refractivity contribution < 1.29 is 28.9 Å². The third-order valence-corrected chi connectivity index (χ3v) is 6.20. The summed E-state index contributed by atoms with van der Waals surface area (Å²) in [7, 11) is 1.77. The SMILES string of the molecule is CC(CO)N(CC=O)C(=O)C1=C(c2c[nH]c3ccccc23)OC(c2ccc3c(c2)OCO3)N1C. The monoisotopic (exact) mass is 463 g/mol. The smallest absolute Gasteiger partial charge is 0.274 e. The van der Waals surface area contributed by atoms with E-state index in [9.17, 15) is 14.7 Å². The average Bonchev–Trinajstić information content (AvgIpc) is 3.57. The van der Waals surface area contributed by atoms with Gasteiger partial charge in [-0.25, -0.2) is 0 Å². The van der Waals surface area contributed by atoms with Crippen LogP contribution in [0.5, 0.6) is 11.5 Å². The number of hydrogen-bond donors (Lipinski definition) is 2. The van der Waals surface area contributed by atoms with Crippen LogP contribution in [0.1, 0.15) is 24.3 Å². The van der Waals surface area contributed by atoms with Crippen LogP contribution in [0.25, 0.3) is 16.7 Å². The Morgan fingerprint density at radius 1 is 1.26 bits per heavy atom. The first-order chi connectivity index (χ1) is 16.5.